The predicted octanol–water partition coefficient (Wildman–Crippen LogP) is 5.14. The highest BCUT2D eigenvalue weighted by Gasteiger charge is 2.33. The summed E-state index contributed by atoms with van der Waals surface area (Å²) < 4.78 is 19.3. The molecule has 3 amide bonds. The summed E-state index contributed by atoms with van der Waals surface area (Å²) in [7, 11) is 0. The molecule has 0 radical (unpaired) electrons. The van der Waals surface area contributed by atoms with E-state index in [1.165, 1.54) is 35.4 Å². The number of hydrogen-bond acceptors (Lipinski definition) is 5. The Labute approximate surface area is 221 Å². The van der Waals surface area contributed by atoms with Crippen molar-refractivity contribution in [3.8, 4) is 0 Å². The molecule has 0 unspecified atom stereocenters. The molecule has 1 aliphatic rings. The molecule has 9 heteroatoms. The molecule has 4 rings (SSSR count). The van der Waals surface area contributed by atoms with E-state index in [4.69, 9.17) is 4.42 Å². The van der Waals surface area contributed by atoms with Crippen molar-refractivity contribution >= 4 is 23.5 Å². The van der Waals surface area contributed by atoms with Crippen LogP contribution in [0.15, 0.2) is 71.5 Å². The smallest absolute Gasteiger partial charge is 0.247 e. The van der Waals surface area contributed by atoms with Crippen molar-refractivity contribution < 1.29 is 23.2 Å². The number of nitrogens with one attached hydrogen (secondary N) is 2. The third kappa shape index (κ3) is 7.74. The van der Waals surface area contributed by atoms with Gasteiger partial charge in [0.15, 0.2) is 0 Å². The number of amides is 3. The summed E-state index contributed by atoms with van der Waals surface area (Å²) >= 11 is 0. The minimum atomic E-state index is -0.975. The number of aromatic nitrogens is 1. The van der Waals surface area contributed by atoms with Crippen LogP contribution in [-0.2, 0) is 20.9 Å². The Balaban J connectivity index is 1.50. The standard InChI is InChI=1S/C29H33FN4O4/c30-22-16-14-21(15-17-22)28(29(37)32-23-8-2-1-3-9-23)34(20-24-10-7-19-38-24)27(36)13-6-12-26(35)33-25-11-4-5-18-31-25/h4-5,7,10-11,14-19,23,28H,1-3,6,8-9,12-13,20H2,(H,32,37)(H,31,33,35)/t28-/m1/s1. The molecule has 8 nitrogen and oxygen atoms in total. The van der Waals surface area contributed by atoms with Crippen molar-refractivity contribution in [2.75, 3.05) is 5.32 Å². The molecule has 0 spiro atoms. The van der Waals surface area contributed by atoms with Crippen LogP contribution in [0.2, 0.25) is 0 Å². The van der Waals surface area contributed by atoms with Gasteiger partial charge in [0.25, 0.3) is 0 Å². The molecule has 1 fully saturated rings. The van der Waals surface area contributed by atoms with Crippen LogP contribution < -0.4 is 10.6 Å². The molecule has 38 heavy (non-hydrogen) atoms. The number of hydrogen-bond donors (Lipinski definition) is 2. The maximum atomic E-state index is 13.7. The van der Waals surface area contributed by atoms with Crippen LogP contribution in [0, 0.1) is 5.82 Å². The first-order valence-corrected chi connectivity index (χ1v) is 13.1. The zero-order chi connectivity index (χ0) is 26.7. The first-order chi connectivity index (χ1) is 18.5. The van der Waals surface area contributed by atoms with Gasteiger partial charge in [-0.3, -0.25) is 14.4 Å². The van der Waals surface area contributed by atoms with E-state index in [9.17, 15) is 18.8 Å². The third-order valence-electron chi connectivity index (χ3n) is 6.65. The van der Waals surface area contributed by atoms with Gasteiger partial charge in [0.1, 0.15) is 23.4 Å². The average Bonchev–Trinajstić information content (AvgIpc) is 3.44. The van der Waals surface area contributed by atoms with Gasteiger partial charge in [-0.05, 0) is 61.2 Å². The quantitative estimate of drug-likeness (QED) is 0.364. The number of rotatable bonds is 11. The summed E-state index contributed by atoms with van der Waals surface area (Å²) in [5.74, 6) is -0.332. The van der Waals surface area contributed by atoms with E-state index >= 15 is 0 Å². The van der Waals surface area contributed by atoms with Crippen LogP contribution in [0.1, 0.15) is 68.7 Å². The summed E-state index contributed by atoms with van der Waals surface area (Å²) in [4.78, 5) is 45.1. The van der Waals surface area contributed by atoms with Gasteiger partial charge in [-0.2, -0.15) is 0 Å². The maximum Gasteiger partial charge on any atom is 0.247 e. The number of pyridine rings is 1. The predicted molar refractivity (Wildman–Crippen MR) is 140 cm³/mol. The molecule has 2 heterocycles. The highest BCUT2D eigenvalue weighted by Crippen LogP contribution is 2.27. The Hall–Kier alpha value is -4.01. The minimum Gasteiger partial charge on any atom is -0.467 e. The zero-order valence-corrected chi connectivity index (χ0v) is 21.3. The lowest BCUT2D eigenvalue weighted by atomic mass is 9.94. The van der Waals surface area contributed by atoms with Gasteiger partial charge in [0.2, 0.25) is 17.7 Å². The Morgan fingerprint density at radius 1 is 1.00 bits per heavy atom. The summed E-state index contributed by atoms with van der Waals surface area (Å²) in [5.41, 5.74) is 0.507. The van der Waals surface area contributed by atoms with Crippen molar-refractivity contribution in [1.82, 2.24) is 15.2 Å². The van der Waals surface area contributed by atoms with E-state index in [1.807, 2.05) is 0 Å². The number of carbonyl (C=O) groups excluding carboxylic acids is 3. The molecule has 1 saturated carbocycles. The molecule has 1 aromatic carbocycles. The van der Waals surface area contributed by atoms with Gasteiger partial charge in [0, 0.05) is 25.1 Å². The van der Waals surface area contributed by atoms with Crippen LogP contribution in [-0.4, -0.2) is 33.6 Å². The summed E-state index contributed by atoms with van der Waals surface area (Å²) in [6.07, 6.45) is 8.55. The summed E-state index contributed by atoms with van der Waals surface area (Å²) in [5, 5.41) is 5.83. The number of carbonyl (C=O) groups is 3. The number of halogens is 1. The van der Waals surface area contributed by atoms with E-state index in [2.05, 4.69) is 15.6 Å². The second-order valence-corrected chi connectivity index (χ2v) is 9.52. The van der Waals surface area contributed by atoms with Crippen molar-refractivity contribution in [3.05, 3.63) is 84.2 Å². The van der Waals surface area contributed by atoms with Gasteiger partial charge in [-0.25, -0.2) is 9.37 Å². The average molecular weight is 521 g/mol. The van der Waals surface area contributed by atoms with Crippen LogP contribution >= 0.6 is 0 Å². The lowest BCUT2D eigenvalue weighted by molar-refractivity contribution is -0.142. The number of nitrogens with zero attached hydrogens (tertiary/aromatic N) is 2. The monoisotopic (exact) mass is 520 g/mol. The molecule has 3 aromatic rings. The van der Waals surface area contributed by atoms with Gasteiger partial charge in [-0.15, -0.1) is 0 Å². The molecule has 1 aliphatic carbocycles. The summed E-state index contributed by atoms with van der Waals surface area (Å²) in [6, 6.07) is 13.4. The molecular formula is C29H33FN4O4. The summed E-state index contributed by atoms with van der Waals surface area (Å²) in [6.45, 7) is 0.0616. The van der Waals surface area contributed by atoms with E-state index in [0.717, 1.165) is 32.1 Å². The number of benzene rings is 1. The lowest BCUT2D eigenvalue weighted by Gasteiger charge is -2.33. The molecule has 2 N–H and O–H groups in total. The molecule has 2 aromatic heterocycles. The van der Waals surface area contributed by atoms with Gasteiger partial charge < -0.3 is 20.0 Å². The van der Waals surface area contributed by atoms with E-state index in [1.54, 1.807) is 36.5 Å². The zero-order valence-electron chi connectivity index (χ0n) is 21.3. The molecule has 1 atom stereocenters. The lowest BCUT2D eigenvalue weighted by Crippen LogP contribution is -2.46. The Kier molecular flexibility index (Phi) is 9.61. The van der Waals surface area contributed by atoms with Crippen molar-refractivity contribution in [3.63, 3.8) is 0 Å². The van der Waals surface area contributed by atoms with Crippen LogP contribution in [0.3, 0.4) is 0 Å². The van der Waals surface area contributed by atoms with Gasteiger partial charge in [0.05, 0.1) is 12.8 Å². The first kappa shape index (κ1) is 27.0. The first-order valence-electron chi connectivity index (χ1n) is 13.1. The Morgan fingerprint density at radius 2 is 1.79 bits per heavy atom. The van der Waals surface area contributed by atoms with Crippen molar-refractivity contribution in [1.29, 1.82) is 0 Å². The van der Waals surface area contributed by atoms with E-state index in [0.29, 0.717) is 17.1 Å². The second kappa shape index (κ2) is 13.5. The topological polar surface area (TPSA) is 105 Å². The fourth-order valence-corrected chi connectivity index (χ4v) is 4.72. The van der Waals surface area contributed by atoms with Gasteiger partial charge in [-0.1, -0.05) is 37.5 Å². The molecule has 0 saturated heterocycles. The second-order valence-electron chi connectivity index (χ2n) is 9.52. The van der Waals surface area contributed by atoms with Crippen molar-refractivity contribution in [2.45, 2.75) is 70.0 Å². The minimum absolute atomic E-state index is 0.0371. The Morgan fingerprint density at radius 3 is 2.47 bits per heavy atom. The molecule has 0 aliphatic heterocycles. The molecule has 200 valence electrons. The molecule has 0 bridgehead atoms. The van der Waals surface area contributed by atoms with E-state index < -0.39 is 11.9 Å². The Bertz CT molecular complexity index is 1180. The largest absolute Gasteiger partial charge is 0.467 e. The van der Waals surface area contributed by atoms with Crippen LogP contribution in [0.4, 0.5) is 10.2 Å². The highest BCUT2D eigenvalue weighted by molar-refractivity contribution is 5.91. The van der Waals surface area contributed by atoms with Crippen molar-refractivity contribution in [2.24, 2.45) is 0 Å². The SMILES string of the molecule is O=C(CCCC(=O)N(Cc1ccco1)[C@@H](C(=O)NC1CCCCC1)c1ccc(F)cc1)Nc1ccccn1. The highest BCUT2D eigenvalue weighted by atomic mass is 19.1. The normalized spacial score (nSPS) is 14.4. The fourth-order valence-electron chi connectivity index (χ4n) is 4.72. The van der Waals surface area contributed by atoms with E-state index in [-0.39, 0.29) is 49.6 Å². The maximum absolute atomic E-state index is 13.7. The van der Waals surface area contributed by atoms with Gasteiger partial charge >= 0.3 is 0 Å². The van der Waals surface area contributed by atoms with Crippen LogP contribution in [0.25, 0.3) is 0 Å². The number of furan rings is 1. The fraction of sp³-hybridized carbons (Fsp3) is 0.379. The third-order valence-corrected chi connectivity index (χ3v) is 6.65. The number of anilines is 1. The molecular weight excluding hydrogens is 487 g/mol. The van der Waals surface area contributed by atoms with Crippen LogP contribution in [0.5, 0.6) is 0 Å².